The Balaban J connectivity index is 1.99. The van der Waals surface area contributed by atoms with Crippen LogP contribution < -0.4 is 20.9 Å². The van der Waals surface area contributed by atoms with Gasteiger partial charge in [-0.25, -0.2) is 5.84 Å². The zero-order valence-corrected chi connectivity index (χ0v) is 12.1. The van der Waals surface area contributed by atoms with Crippen molar-refractivity contribution in [3.8, 4) is 6.01 Å². The van der Waals surface area contributed by atoms with E-state index in [1.54, 1.807) is 0 Å². The number of anilines is 3. The third kappa shape index (κ3) is 2.73. The number of benzene rings is 1. The Morgan fingerprint density at radius 2 is 2.05 bits per heavy atom. The Labute approximate surface area is 123 Å². The number of nitrogen functional groups attached to an aromatic ring is 1. The van der Waals surface area contributed by atoms with Crippen LogP contribution in [0.3, 0.4) is 0 Å². The minimum Gasteiger partial charge on any atom is -0.461 e. The van der Waals surface area contributed by atoms with Crippen LogP contribution in [0.5, 0.6) is 6.01 Å². The van der Waals surface area contributed by atoms with Gasteiger partial charge in [-0.15, -0.1) is 0 Å². The molecule has 7 nitrogen and oxygen atoms in total. The van der Waals surface area contributed by atoms with E-state index in [2.05, 4.69) is 32.5 Å². The highest BCUT2D eigenvalue weighted by molar-refractivity contribution is 5.66. The molecule has 0 atom stereocenters. The zero-order chi connectivity index (χ0) is 14.8. The molecule has 3 rings (SSSR count). The van der Waals surface area contributed by atoms with Crippen LogP contribution >= 0.6 is 0 Å². The van der Waals surface area contributed by atoms with Crippen molar-refractivity contribution in [2.75, 3.05) is 16.9 Å². The SMILES string of the molecule is CC(C)Oc1nc(NN)nc(N2CCc3ccccc32)n1. The number of hydrogen-bond acceptors (Lipinski definition) is 7. The van der Waals surface area contributed by atoms with Gasteiger partial charge < -0.3 is 9.64 Å². The topological polar surface area (TPSA) is 89.2 Å². The maximum Gasteiger partial charge on any atom is 0.323 e. The van der Waals surface area contributed by atoms with E-state index in [9.17, 15) is 0 Å². The molecule has 0 aliphatic carbocycles. The van der Waals surface area contributed by atoms with Crippen LogP contribution in [0.2, 0.25) is 0 Å². The van der Waals surface area contributed by atoms with E-state index in [-0.39, 0.29) is 12.1 Å². The molecule has 1 aliphatic rings. The van der Waals surface area contributed by atoms with E-state index < -0.39 is 0 Å². The Kier molecular flexibility index (Phi) is 3.57. The van der Waals surface area contributed by atoms with Gasteiger partial charge in [-0.2, -0.15) is 15.0 Å². The number of nitrogens with two attached hydrogens (primary N) is 1. The maximum absolute atomic E-state index is 5.56. The summed E-state index contributed by atoms with van der Waals surface area (Å²) in [7, 11) is 0. The Morgan fingerprint density at radius 1 is 1.24 bits per heavy atom. The van der Waals surface area contributed by atoms with Gasteiger partial charge in [-0.05, 0) is 31.9 Å². The smallest absolute Gasteiger partial charge is 0.323 e. The van der Waals surface area contributed by atoms with Crippen molar-refractivity contribution < 1.29 is 4.74 Å². The van der Waals surface area contributed by atoms with E-state index in [0.717, 1.165) is 18.7 Å². The number of hydrogen-bond donors (Lipinski definition) is 2. The first-order chi connectivity index (χ1) is 10.2. The highest BCUT2D eigenvalue weighted by Crippen LogP contribution is 2.33. The molecule has 0 radical (unpaired) electrons. The first-order valence-electron chi connectivity index (χ1n) is 6.92. The largest absolute Gasteiger partial charge is 0.461 e. The lowest BCUT2D eigenvalue weighted by Crippen LogP contribution is -2.21. The second-order valence-electron chi connectivity index (χ2n) is 5.08. The summed E-state index contributed by atoms with van der Waals surface area (Å²) in [6, 6.07) is 8.49. The van der Waals surface area contributed by atoms with Crippen molar-refractivity contribution in [1.29, 1.82) is 0 Å². The van der Waals surface area contributed by atoms with E-state index in [1.165, 1.54) is 5.56 Å². The zero-order valence-electron chi connectivity index (χ0n) is 12.1. The lowest BCUT2D eigenvalue weighted by molar-refractivity contribution is 0.222. The first-order valence-corrected chi connectivity index (χ1v) is 6.92. The van der Waals surface area contributed by atoms with Gasteiger partial charge in [0.25, 0.3) is 0 Å². The molecule has 110 valence electrons. The fourth-order valence-electron chi connectivity index (χ4n) is 2.34. The van der Waals surface area contributed by atoms with Crippen LogP contribution in [0, 0.1) is 0 Å². The number of aromatic nitrogens is 3. The van der Waals surface area contributed by atoms with Gasteiger partial charge in [0.1, 0.15) is 0 Å². The minimum atomic E-state index is -0.0169. The van der Waals surface area contributed by atoms with Gasteiger partial charge in [-0.3, -0.25) is 5.43 Å². The number of ether oxygens (including phenoxy) is 1. The molecule has 21 heavy (non-hydrogen) atoms. The number of rotatable bonds is 4. The molecule has 1 aliphatic heterocycles. The van der Waals surface area contributed by atoms with E-state index in [1.807, 2.05) is 30.9 Å². The molecular weight excluding hydrogens is 268 g/mol. The minimum absolute atomic E-state index is 0.0169. The molecule has 3 N–H and O–H groups in total. The normalized spacial score (nSPS) is 13.4. The highest BCUT2D eigenvalue weighted by Gasteiger charge is 2.23. The van der Waals surface area contributed by atoms with Crippen LogP contribution in [0.25, 0.3) is 0 Å². The molecular formula is C14H18N6O. The summed E-state index contributed by atoms with van der Waals surface area (Å²) >= 11 is 0. The molecule has 0 bridgehead atoms. The molecule has 0 amide bonds. The monoisotopic (exact) mass is 286 g/mol. The summed E-state index contributed by atoms with van der Waals surface area (Å²) in [5.41, 5.74) is 4.86. The predicted molar refractivity (Wildman–Crippen MR) is 80.6 cm³/mol. The lowest BCUT2D eigenvalue weighted by atomic mass is 10.2. The molecule has 0 saturated carbocycles. The van der Waals surface area contributed by atoms with Gasteiger partial charge in [0.05, 0.1) is 6.10 Å². The second kappa shape index (κ2) is 5.53. The summed E-state index contributed by atoms with van der Waals surface area (Å²) < 4.78 is 5.56. The molecule has 7 heteroatoms. The molecule has 1 aromatic carbocycles. The van der Waals surface area contributed by atoms with Crippen LogP contribution in [0.4, 0.5) is 17.6 Å². The Hall–Kier alpha value is -2.41. The number of hydrazine groups is 1. The maximum atomic E-state index is 5.56. The van der Waals surface area contributed by atoms with Crippen molar-refractivity contribution >= 4 is 17.6 Å². The van der Waals surface area contributed by atoms with Gasteiger partial charge in [0, 0.05) is 12.2 Å². The number of fused-ring (bicyclic) bond motifs is 1. The summed E-state index contributed by atoms with van der Waals surface area (Å²) in [6.07, 6.45) is 0.949. The fraction of sp³-hybridized carbons (Fsp3) is 0.357. The van der Waals surface area contributed by atoms with Crippen molar-refractivity contribution in [2.24, 2.45) is 5.84 Å². The van der Waals surface area contributed by atoms with Crippen LogP contribution in [0.1, 0.15) is 19.4 Å². The number of para-hydroxylation sites is 1. The fourth-order valence-corrected chi connectivity index (χ4v) is 2.34. The molecule has 0 spiro atoms. The molecule has 1 aromatic heterocycles. The molecule has 2 heterocycles. The second-order valence-corrected chi connectivity index (χ2v) is 5.08. The van der Waals surface area contributed by atoms with Gasteiger partial charge in [0.15, 0.2) is 0 Å². The third-order valence-corrected chi connectivity index (χ3v) is 3.20. The summed E-state index contributed by atoms with van der Waals surface area (Å²) in [6.45, 7) is 4.67. The molecule has 0 unspecified atom stereocenters. The van der Waals surface area contributed by atoms with Crippen molar-refractivity contribution in [3.05, 3.63) is 29.8 Å². The third-order valence-electron chi connectivity index (χ3n) is 3.20. The van der Waals surface area contributed by atoms with Crippen LogP contribution in [-0.4, -0.2) is 27.6 Å². The standard InChI is InChI=1S/C14H18N6O/c1-9(2)21-14-17-12(19-15)16-13(18-14)20-8-7-10-5-3-4-6-11(10)20/h3-6,9H,7-8,15H2,1-2H3,(H,16,17,18,19). The number of nitrogens with one attached hydrogen (secondary N) is 1. The molecule has 0 saturated heterocycles. The van der Waals surface area contributed by atoms with Crippen molar-refractivity contribution in [2.45, 2.75) is 26.4 Å². The van der Waals surface area contributed by atoms with Gasteiger partial charge >= 0.3 is 6.01 Å². The lowest BCUT2D eigenvalue weighted by Gasteiger charge is -2.18. The average molecular weight is 286 g/mol. The first kappa shape index (κ1) is 13.6. The summed E-state index contributed by atoms with van der Waals surface area (Å²) in [4.78, 5) is 14.9. The Morgan fingerprint density at radius 3 is 2.81 bits per heavy atom. The van der Waals surface area contributed by atoms with Gasteiger partial charge in [-0.1, -0.05) is 18.2 Å². The van der Waals surface area contributed by atoms with Crippen LogP contribution in [0.15, 0.2) is 24.3 Å². The predicted octanol–water partition coefficient (Wildman–Crippen LogP) is 1.64. The highest BCUT2D eigenvalue weighted by atomic mass is 16.5. The van der Waals surface area contributed by atoms with Crippen molar-refractivity contribution in [3.63, 3.8) is 0 Å². The Bertz CT molecular complexity index is 645. The molecule has 0 fully saturated rings. The van der Waals surface area contributed by atoms with Crippen molar-refractivity contribution in [1.82, 2.24) is 15.0 Å². The summed E-state index contributed by atoms with van der Waals surface area (Å²) in [5, 5.41) is 0. The van der Waals surface area contributed by atoms with E-state index in [4.69, 9.17) is 10.6 Å². The average Bonchev–Trinajstić information content (AvgIpc) is 2.90. The summed E-state index contributed by atoms with van der Waals surface area (Å²) in [5.74, 6) is 6.27. The quantitative estimate of drug-likeness (QED) is 0.652. The number of nitrogens with zero attached hydrogens (tertiary/aromatic N) is 4. The van der Waals surface area contributed by atoms with E-state index >= 15 is 0 Å². The van der Waals surface area contributed by atoms with E-state index in [0.29, 0.717) is 11.9 Å². The molecule has 2 aromatic rings. The van der Waals surface area contributed by atoms with Crippen LogP contribution in [-0.2, 0) is 6.42 Å². The van der Waals surface area contributed by atoms with Gasteiger partial charge in [0.2, 0.25) is 11.9 Å².